The first-order valence-electron chi connectivity index (χ1n) is 8.45. The summed E-state index contributed by atoms with van der Waals surface area (Å²) in [6, 6.07) is 0. The summed E-state index contributed by atoms with van der Waals surface area (Å²) in [5.41, 5.74) is 0.127. The first kappa shape index (κ1) is 17.7. The fraction of sp³-hybridized carbons (Fsp3) is 0.889. The van der Waals surface area contributed by atoms with Crippen LogP contribution in [0.15, 0.2) is 0 Å². The average Bonchev–Trinajstić information content (AvgIpc) is 3.09. The topological polar surface area (TPSA) is 36.9 Å². The van der Waals surface area contributed by atoms with Crippen molar-refractivity contribution in [3.05, 3.63) is 0 Å². The molecule has 0 aromatic heterocycles. The van der Waals surface area contributed by atoms with E-state index in [1.54, 1.807) is 7.11 Å². The second-order valence-electron chi connectivity index (χ2n) is 7.47. The number of ether oxygens (including phenoxy) is 4. The van der Waals surface area contributed by atoms with Crippen LogP contribution in [0.5, 0.6) is 0 Å². The first-order valence-corrected chi connectivity index (χ1v) is 9.24. The summed E-state index contributed by atoms with van der Waals surface area (Å²) >= 11 is 3.95. The number of rotatable bonds is 4. The van der Waals surface area contributed by atoms with Crippen molar-refractivity contribution in [3.63, 3.8) is 0 Å². The van der Waals surface area contributed by atoms with Gasteiger partial charge in [0.2, 0.25) is 0 Å². The molecule has 2 aliphatic carbocycles. The van der Waals surface area contributed by atoms with Crippen molar-refractivity contribution in [3.8, 4) is 12.3 Å². The van der Waals surface area contributed by atoms with E-state index in [0.29, 0.717) is 25.0 Å². The normalized spacial score (nSPS) is 43.3. The van der Waals surface area contributed by atoms with Gasteiger partial charge in [-0.15, -0.1) is 6.42 Å². The third kappa shape index (κ3) is 2.77. The molecule has 1 heterocycles. The van der Waals surface area contributed by atoms with Crippen molar-refractivity contribution in [2.45, 2.75) is 55.9 Å². The Morgan fingerprint density at radius 3 is 2.70 bits per heavy atom. The summed E-state index contributed by atoms with van der Waals surface area (Å²) in [4.78, 5) is 0. The Bertz CT molecular complexity index is 484. The number of terminal acetylenes is 1. The molecule has 2 unspecified atom stereocenters. The van der Waals surface area contributed by atoms with Crippen LogP contribution < -0.4 is 0 Å². The molecular weight excluding hydrogens is 360 g/mol. The SMILES string of the molecule is C#CCOC(OC)C1(Br)C[C@@H]2CCC3(OCCO3)[C@@H](C)[C@]2(C)C1. The number of hydrogen-bond acceptors (Lipinski definition) is 4. The highest BCUT2D eigenvalue weighted by molar-refractivity contribution is 9.10. The van der Waals surface area contributed by atoms with Crippen molar-refractivity contribution in [1.82, 2.24) is 0 Å². The second kappa shape index (κ2) is 6.31. The zero-order valence-corrected chi connectivity index (χ0v) is 15.9. The van der Waals surface area contributed by atoms with Crippen LogP contribution in [0.2, 0.25) is 0 Å². The van der Waals surface area contributed by atoms with Gasteiger partial charge in [0.05, 0.1) is 17.5 Å². The lowest BCUT2D eigenvalue weighted by molar-refractivity contribution is -0.246. The van der Waals surface area contributed by atoms with E-state index < -0.39 is 5.79 Å². The van der Waals surface area contributed by atoms with Crippen molar-refractivity contribution >= 4 is 15.9 Å². The van der Waals surface area contributed by atoms with Crippen LogP contribution in [0.3, 0.4) is 0 Å². The highest BCUT2D eigenvalue weighted by Gasteiger charge is 2.64. The van der Waals surface area contributed by atoms with Gasteiger partial charge in [-0.2, -0.15) is 0 Å². The molecule has 0 aromatic carbocycles. The Hall–Kier alpha value is -0.120. The predicted octanol–water partition coefficient (Wildman–Crippen LogP) is 3.33. The predicted molar refractivity (Wildman–Crippen MR) is 91.1 cm³/mol. The Morgan fingerprint density at radius 1 is 1.39 bits per heavy atom. The summed E-state index contributed by atoms with van der Waals surface area (Å²) in [5.74, 6) is 3.07. The van der Waals surface area contributed by atoms with E-state index in [-0.39, 0.29) is 22.6 Å². The van der Waals surface area contributed by atoms with Gasteiger partial charge in [0.15, 0.2) is 12.1 Å². The van der Waals surface area contributed by atoms with E-state index in [4.69, 9.17) is 25.4 Å². The molecule has 130 valence electrons. The zero-order chi connectivity index (χ0) is 16.7. The van der Waals surface area contributed by atoms with Crippen molar-refractivity contribution in [2.75, 3.05) is 26.9 Å². The summed E-state index contributed by atoms with van der Waals surface area (Å²) in [7, 11) is 1.68. The standard InChI is InChI=1S/C18H27BrO4/c1-5-8-21-15(20-4)17(19)11-14-6-7-18(22-9-10-23-18)13(2)16(14,3)12-17/h1,13-15H,6-12H2,2-4H3/t13-,14-,15?,16-,17?/m0/s1. The quantitative estimate of drug-likeness (QED) is 0.421. The molecule has 0 N–H and O–H groups in total. The van der Waals surface area contributed by atoms with Gasteiger partial charge in [-0.25, -0.2) is 0 Å². The molecule has 0 aromatic rings. The molecule has 3 aliphatic rings. The molecule has 0 bridgehead atoms. The lowest BCUT2D eigenvalue weighted by atomic mass is 9.60. The van der Waals surface area contributed by atoms with Crippen LogP contribution in [0.4, 0.5) is 0 Å². The smallest absolute Gasteiger partial charge is 0.173 e. The molecule has 2 saturated carbocycles. The second-order valence-corrected chi connectivity index (χ2v) is 9.05. The lowest BCUT2D eigenvalue weighted by Crippen LogP contribution is -2.52. The van der Waals surface area contributed by atoms with Gasteiger partial charge < -0.3 is 18.9 Å². The molecule has 1 saturated heterocycles. The summed E-state index contributed by atoms with van der Waals surface area (Å²) < 4.78 is 23.3. The van der Waals surface area contributed by atoms with E-state index in [9.17, 15) is 0 Å². The Morgan fingerprint density at radius 2 is 2.09 bits per heavy atom. The maximum atomic E-state index is 6.06. The van der Waals surface area contributed by atoms with Gasteiger partial charge in [0.1, 0.15) is 6.61 Å². The minimum Gasteiger partial charge on any atom is -0.354 e. The Kier molecular flexibility index (Phi) is 4.85. The van der Waals surface area contributed by atoms with Gasteiger partial charge in [-0.3, -0.25) is 0 Å². The molecule has 4 nitrogen and oxygen atoms in total. The third-order valence-corrected chi connectivity index (χ3v) is 7.39. The minimum absolute atomic E-state index is 0.127. The highest BCUT2D eigenvalue weighted by Crippen LogP contribution is 2.65. The fourth-order valence-corrected chi connectivity index (χ4v) is 6.44. The van der Waals surface area contributed by atoms with E-state index in [2.05, 4.69) is 35.7 Å². The number of alkyl halides is 1. The number of halogens is 1. The lowest BCUT2D eigenvalue weighted by Gasteiger charge is -2.50. The maximum absolute atomic E-state index is 6.06. The first-order chi connectivity index (χ1) is 10.9. The average molecular weight is 387 g/mol. The number of hydrogen-bond donors (Lipinski definition) is 0. The number of methoxy groups -OCH3 is 1. The highest BCUT2D eigenvalue weighted by atomic mass is 79.9. The molecule has 5 heteroatoms. The van der Waals surface area contributed by atoms with E-state index in [0.717, 1.165) is 25.7 Å². The molecule has 23 heavy (non-hydrogen) atoms. The van der Waals surface area contributed by atoms with Crippen molar-refractivity contribution in [2.24, 2.45) is 17.3 Å². The van der Waals surface area contributed by atoms with Gasteiger partial charge in [-0.1, -0.05) is 35.7 Å². The Labute approximate surface area is 147 Å². The van der Waals surface area contributed by atoms with Crippen LogP contribution in [0.1, 0.15) is 39.5 Å². The number of fused-ring (bicyclic) bond motifs is 1. The van der Waals surface area contributed by atoms with E-state index in [1.165, 1.54) is 0 Å². The summed E-state index contributed by atoms with van der Waals surface area (Å²) in [6.45, 7) is 6.32. The maximum Gasteiger partial charge on any atom is 0.173 e. The molecule has 1 spiro atoms. The van der Waals surface area contributed by atoms with Crippen LogP contribution in [0, 0.1) is 29.6 Å². The minimum atomic E-state index is -0.397. The largest absolute Gasteiger partial charge is 0.354 e. The van der Waals surface area contributed by atoms with Gasteiger partial charge in [0, 0.05) is 19.4 Å². The van der Waals surface area contributed by atoms with Crippen LogP contribution in [0.25, 0.3) is 0 Å². The van der Waals surface area contributed by atoms with E-state index >= 15 is 0 Å². The van der Waals surface area contributed by atoms with Gasteiger partial charge in [-0.05, 0) is 30.6 Å². The zero-order valence-electron chi connectivity index (χ0n) is 14.3. The Balaban J connectivity index is 1.82. The third-order valence-electron chi connectivity index (χ3n) is 6.41. The molecule has 5 atom stereocenters. The fourth-order valence-electron chi connectivity index (χ4n) is 5.12. The molecule has 0 radical (unpaired) electrons. The van der Waals surface area contributed by atoms with Crippen molar-refractivity contribution in [1.29, 1.82) is 0 Å². The monoisotopic (exact) mass is 386 g/mol. The molecule has 3 rings (SSSR count). The summed E-state index contributed by atoms with van der Waals surface area (Å²) in [5, 5.41) is 0. The van der Waals surface area contributed by atoms with Crippen molar-refractivity contribution < 1.29 is 18.9 Å². The van der Waals surface area contributed by atoms with Crippen LogP contribution in [-0.4, -0.2) is 43.3 Å². The van der Waals surface area contributed by atoms with Crippen LogP contribution in [-0.2, 0) is 18.9 Å². The molecular formula is C18H27BrO4. The summed E-state index contributed by atoms with van der Waals surface area (Å²) in [6.07, 6.45) is 9.07. The molecule has 3 fully saturated rings. The van der Waals surface area contributed by atoms with Crippen LogP contribution >= 0.6 is 15.9 Å². The van der Waals surface area contributed by atoms with Gasteiger partial charge in [0.25, 0.3) is 0 Å². The molecule has 1 aliphatic heterocycles. The molecule has 0 amide bonds. The van der Waals surface area contributed by atoms with E-state index in [1.807, 2.05) is 0 Å². The van der Waals surface area contributed by atoms with Gasteiger partial charge >= 0.3 is 0 Å².